The minimum absolute atomic E-state index is 0.294. The van der Waals surface area contributed by atoms with Crippen LogP contribution < -0.4 is 0 Å². The SMILES string of the molecule is CCOC(=O)c1coc(C2CCCCC2)n1. The topological polar surface area (TPSA) is 52.3 Å². The third-order valence-corrected chi connectivity index (χ3v) is 2.96. The van der Waals surface area contributed by atoms with E-state index in [1.54, 1.807) is 6.92 Å². The zero-order valence-electron chi connectivity index (χ0n) is 9.57. The summed E-state index contributed by atoms with van der Waals surface area (Å²) in [5, 5.41) is 0. The second-order valence-corrected chi connectivity index (χ2v) is 4.13. The molecule has 0 spiro atoms. The lowest BCUT2D eigenvalue weighted by atomic mass is 9.89. The Labute approximate surface area is 95.0 Å². The average molecular weight is 223 g/mol. The van der Waals surface area contributed by atoms with E-state index in [-0.39, 0.29) is 0 Å². The van der Waals surface area contributed by atoms with Crippen molar-refractivity contribution >= 4 is 5.97 Å². The second kappa shape index (κ2) is 5.14. The minimum Gasteiger partial charge on any atom is -0.461 e. The molecule has 1 aromatic rings. The zero-order valence-corrected chi connectivity index (χ0v) is 9.57. The molecule has 0 aliphatic heterocycles. The molecule has 0 bridgehead atoms. The molecule has 2 rings (SSSR count). The molecule has 0 atom stereocenters. The van der Waals surface area contributed by atoms with Crippen LogP contribution in [0.3, 0.4) is 0 Å². The number of carbonyl (C=O) groups is 1. The molecule has 0 saturated heterocycles. The Balaban J connectivity index is 2.03. The van der Waals surface area contributed by atoms with E-state index in [0.29, 0.717) is 24.1 Å². The summed E-state index contributed by atoms with van der Waals surface area (Å²) in [5.74, 6) is 0.688. The Bertz CT molecular complexity index is 353. The fourth-order valence-corrected chi connectivity index (χ4v) is 2.12. The molecule has 0 radical (unpaired) electrons. The van der Waals surface area contributed by atoms with Gasteiger partial charge in [0.15, 0.2) is 11.6 Å². The maximum Gasteiger partial charge on any atom is 0.360 e. The molecule has 0 aromatic carbocycles. The third-order valence-electron chi connectivity index (χ3n) is 2.96. The van der Waals surface area contributed by atoms with Crippen molar-refractivity contribution in [3.63, 3.8) is 0 Å². The van der Waals surface area contributed by atoms with Gasteiger partial charge in [-0.25, -0.2) is 9.78 Å². The van der Waals surface area contributed by atoms with E-state index < -0.39 is 5.97 Å². The van der Waals surface area contributed by atoms with Gasteiger partial charge in [0.05, 0.1) is 6.61 Å². The van der Waals surface area contributed by atoms with Gasteiger partial charge in [0, 0.05) is 5.92 Å². The van der Waals surface area contributed by atoms with Gasteiger partial charge >= 0.3 is 5.97 Å². The van der Waals surface area contributed by atoms with Crippen LogP contribution in [-0.2, 0) is 4.74 Å². The van der Waals surface area contributed by atoms with Gasteiger partial charge in [0.2, 0.25) is 0 Å². The molecule has 1 fully saturated rings. The number of aromatic nitrogens is 1. The first kappa shape index (κ1) is 11.2. The van der Waals surface area contributed by atoms with Gasteiger partial charge in [0.25, 0.3) is 0 Å². The predicted molar refractivity (Wildman–Crippen MR) is 58.3 cm³/mol. The lowest BCUT2D eigenvalue weighted by molar-refractivity contribution is 0.0519. The van der Waals surface area contributed by atoms with E-state index in [1.807, 2.05) is 0 Å². The van der Waals surface area contributed by atoms with Crippen molar-refractivity contribution < 1.29 is 13.9 Å². The molecule has 1 heterocycles. The van der Waals surface area contributed by atoms with Crippen LogP contribution in [0.15, 0.2) is 10.7 Å². The van der Waals surface area contributed by atoms with Gasteiger partial charge in [0.1, 0.15) is 6.26 Å². The van der Waals surface area contributed by atoms with Crippen molar-refractivity contribution in [2.75, 3.05) is 6.61 Å². The summed E-state index contributed by atoms with van der Waals surface area (Å²) in [4.78, 5) is 15.6. The van der Waals surface area contributed by atoms with Crippen molar-refractivity contribution in [1.82, 2.24) is 4.98 Å². The summed E-state index contributed by atoms with van der Waals surface area (Å²) < 4.78 is 10.2. The normalized spacial score (nSPS) is 17.3. The fourth-order valence-electron chi connectivity index (χ4n) is 2.12. The Morgan fingerprint density at radius 3 is 2.94 bits per heavy atom. The van der Waals surface area contributed by atoms with E-state index in [4.69, 9.17) is 9.15 Å². The fraction of sp³-hybridized carbons (Fsp3) is 0.667. The van der Waals surface area contributed by atoms with Crippen molar-refractivity contribution in [3.05, 3.63) is 17.8 Å². The molecular weight excluding hydrogens is 206 g/mol. The first-order valence-corrected chi connectivity index (χ1v) is 5.93. The second-order valence-electron chi connectivity index (χ2n) is 4.13. The molecule has 88 valence electrons. The average Bonchev–Trinajstić information content (AvgIpc) is 2.80. The van der Waals surface area contributed by atoms with Crippen molar-refractivity contribution in [2.24, 2.45) is 0 Å². The maximum absolute atomic E-state index is 11.4. The molecular formula is C12H17NO3. The standard InChI is InChI=1S/C12H17NO3/c1-2-15-12(14)10-8-16-11(13-10)9-6-4-3-5-7-9/h8-9H,2-7H2,1H3. The van der Waals surface area contributed by atoms with Crippen molar-refractivity contribution in [3.8, 4) is 0 Å². The van der Waals surface area contributed by atoms with Crippen molar-refractivity contribution in [2.45, 2.75) is 44.9 Å². The molecule has 4 nitrogen and oxygen atoms in total. The number of ether oxygens (including phenoxy) is 1. The molecule has 16 heavy (non-hydrogen) atoms. The highest BCUT2D eigenvalue weighted by molar-refractivity contribution is 5.86. The molecule has 0 amide bonds. The van der Waals surface area contributed by atoms with Crippen LogP contribution in [-0.4, -0.2) is 17.6 Å². The van der Waals surface area contributed by atoms with Crippen LogP contribution in [0, 0.1) is 0 Å². The van der Waals surface area contributed by atoms with E-state index >= 15 is 0 Å². The number of carbonyl (C=O) groups excluding carboxylic acids is 1. The zero-order chi connectivity index (χ0) is 11.4. The summed E-state index contributed by atoms with van der Waals surface area (Å²) in [6, 6.07) is 0. The highest BCUT2D eigenvalue weighted by Crippen LogP contribution is 2.31. The number of rotatable bonds is 3. The van der Waals surface area contributed by atoms with E-state index in [2.05, 4.69) is 4.98 Å². The number of esters is 1. The number of hydrogen-bond donors (Lipinski definition) is 0. The summed E-state index contributed by atoms with van der Waals surface area (Å²) in [6.45, 7) is 2.14. The summed E-state index contributed by atoms with van der Waals surface area (Å²) in [7, 11) is 0. The Hall–Kier alpha value is -1.32. The highest BCUT2D eigenvalue weighted by Gasteiger charge is 2.22. The molecule has 4 heteroatoms. The van der Waals surface area contributed by atoms with E-state index in [9.17, 15) is 4.79 Å². The van der Waals surface area contributed by atoms with Crippen LogP contribution >= 0.6 is 0 Å². The summed E-state index contributed by atoms with van der Waals surface area (Å²) in [5.41, 5.74) is 0.294. The number of hydrogen-bond acceptors (Lipinski definition) is 4. The number of nitrogens with zero attached hydrogens (tertiary/aromatic N) is 1. The smallest absolute Gasteiger partial charge is 0.360 e. The van der Waals surface area contributed by atoms with Crippen molar-refractivity contribution in [1.29, 1.82) is 0 Å². The lowest BCUT2D eigenvalue weighted by Gasteiger charge is -2.17. The molecule has 1 aliphatic carbocycles. The minimum atomic E-state index is -0.395. The van der Waals surface area contributed by atoms with Crippen LogP contribution in [0.1, 0.15) is 61.3 Å². The molecule has 1 aliphatic rings. The van der Waals surface area contributed by atoms with Gasteiger partial charge in [-0.3, -0.25) is 0 Å². The van der Waals surface area contributed by atoms with Gasteiger partial charge in [-0.15, -0.1) is 0 Å². The lowest BCUT2D eigenvalue weighted by Crippen LogP contribution is -2.07. The molecule has 0 unspecified atom stereocenters. The largest absolute Gasteiger partial charge is 0.461 e. The summed E-state index contributed by atoms with van der Waals surface area (Å²) in [6.07, 6.45) is 7.37. The summed E-state index contributed by atoms with van der Waals surface area (Å²) >= 11 is 0. The molecule has 1 aromatic heterocycles. The van der Waals surface area contributed by atoms with Gasteiger partial charge < -0.3 is 9.15 Å². The monoisotopic (exact) mass is 223 g/mol. The van der Waals surface area contributed by atoms with Crippen LogP contribution in [0.2, 0.25) is 0 Å². The quantitative estimate of drug-likeness (QED) is 0.739. The third kappa shape index (κ3) is 2.43. The van der Waals surface area contributed by atoms with Gasteiger partial charge in [-0.1, -0.05) is 19.3 Å². The first-order chi connectivity index (χ1) is 7.81. The molecule has 1 saturated carbocycles. The van der Waals surface area contributed by atoms with Gasteiger partial charge in [-0.2, -0.15) is 0 Å². The highest BCUT2D eigenvalue weighted by atomic mass is 16.5. The van der Waals surface area contributed by atoms with Crippen LogP contribution in [0.25, 0.3) is 0 Å². The Morgan fingerprint density at radius 2 is 2.25 bits per heavy atom. The molecule has 0 N–H and O–H groups in total. The maximum atomic E-state index is 11.4. The Morgan fingerprint density at radius 1 is 1.50 bits per heavy atom. The number of oxazole rings is 1. The first-order valence-electron chi connectivity index (χ1n) is 5.93. The van der Waals surface area contributed by atoms with Crippen LogP contribution in [0.4, 0.5) is 0 Å². The van der Waals surface area contributed by atoms with E-state index in [1.165, 1.54) is 25.5 Å². The van der Waals surface area contributed by atoms with E-state index in [0.717, 1.165) is 12.8 Å². The van der Waals surface area contributed by atoms with Gasteiger partial charge in [-0.05, 0) is 19.8 Å². The predicted octanol–water partition coefficient (Wildman–Crippen LogP) is 2.90. The van der Waals surface area contributed by atoms with Crippen LogP contribution in [0.5, 0.6) is 0 Å². The Kier molecular flexibility index (Phi) is 3.59.